The van der Waals surface area contributed by atoms with Crippen LogP contribution in [0.5, 0.6) is 0 Å². The molecule has 1 amide bonds. The molecular formula is C9H10BrNO. The van der Waals surface area contributed by atoms with Crippen LogP contribution in [0.1, 0.15) is 15.8 Å². The zero-order valence-corrected chi connectivity index (χ0v) is 8.32. The molecule has 0 aliphatic rings. The van der Waals surface area contributed by atoms with Crippen LogP contribution in [0.25, 0.3) is 0 Å². The van der Waals surface area contributed by atoms with Crippen molar-refractivity contribution >= 4 is 21.8 Å². The summed E-state index contributed by atoms with van der Waals surface area (Å²) in [5.41, 5.74) is -0.0454. The highest BCUT2D eigenvalue weighted by Crippen LogP contribution is 2.16. The van der Waals surface area contributed by atoms with Crippen molar-refractivity contribution in [2.24, 2.45) is 0 Å². The lowest BCUT2D eigenvalue weighted by molar-refractivity contribution is 0.0827. The molecule has 64 valence electrons. The Hall–Kier alpha value is -0.830. The minimum atomic E-state index is -0.459. The van der Waals surface area contributed by atoms with E-state index in [2.05, 4.69) is 15.9 Å². The van der Waals surface area contributed by atoms with Crippen molar-refractivity contribution in [1.29, 1.82) is 0 Å². The Morgan fingerprint density at radius 1 is 1.50 bits per heavy atom. The minimum Gasteiger partial charge on any atom is -0.345 e. The Morgan fingerprint density at radius 2 is 2.08 bits per heavy atom. The highest BCUT2D eigenvalue weighted by Gasteiger charge is 2.09. The van der Waals surface area contributed by atoms with E-state index in [0.29, 0.717) is 0 Å². The third-order valence-electron chi connectivity index (χ3n) is 1.26. The topological polar surface area (TPSA) is 20.3 Å². The van der Waals surface area contributed by atoms with Gasteiger partial charge in [-0.2, -0.15) is 0 Å². The fraction of sp³-hybridized carbons (Fsp3) is 0.222. The third kappa shape index (κ3) is 1.85. The number of nitrogens with zero attached hydrogens (tertiary/aromatic N) is 1. The molecule has 0 heterocycles. The van der Waals surface area contributed by atoms with Crippen LogP contribution in [0.15, 0.2) is 28.6 Å². The standard InChI is InChI=1S/C9H10BrNO/c1-11(2)9(12)7-5-3-4-6-8(7)10/h3-6H,1-2H3/i3D,4D,5D,6D. The summed E-state index contributed by atoms with van der Waals surface area (Å²) in [5, 5.41) is 0. The molecule has 0 radical (unpaired) electrons. The van der Waals surface area contributed by atoms with Gasteiger partial charge in [0.05, 0.1) is 11.0 Å². The fourth-order valence-electron chi connectivity index (χ4n) is 0.668. The lowest BCUT2D eigenvalue weighted by Gasteiger charge is -2.10. The van der Waals surface area contributed by atoms with Crippen LogP contribution < -0.4 is 0 Å². The molecule has 12 heavy (non-hydrogen) atoms. The van der Waals surface area contributed by atoms with Gasteiger partial charge in [0.2, 0.25) is 0 Å². The molecule has 2 nitrogen and oxygen atoms in total. The number of amides is 1. The van der Waals surface area contributed by atoms with Crippen LogP contribution in [-0.4, -0.2) is 24.9 Å². The van der Waals surface area contributed by atoms with Crippen molar-refractivity contribution in [1.82, 2.24) is 4.90 Å². The maximum absolute atomic E-state index is 11.7. The number of carbonyl (C=O) groups excluding carboxylic acids is 1. The molecule has 0 aliphatic carbocycles. The fourth-order valence-corrected chi connectivity index (χ4v) is 1.04. The predicted molar refractivity (Wildman–Crippen MR) is 52.2 cm³/mol. The first-order valence-corrected chi connectivity index (χ1v) is 4.05. The Labute approximate surface area is 85.9 Å². The van der Waals surface area contributed by atoms with Crippen molar-refractivity contribution in [3.8, 4) is 0 Å². The van der Waals surface area contributed by atoms with Crippen molar-refractivity contribution in [2.75, 3.05) is 14.1 Å². The smallest absolute Gasteiger partial charge is 0.254 e. The van der Waals surface area contributed by atoms with Crippen molar-refractivity contribution < 1.29 is 10.3 Å². The van der Waals surface area contributed by atoms with Gasteiger partial charge < -0.3 is 4.90 Å². The van der Waals surface area contributed by atoms with E-state index in [-0.39, 0.29) is 28.2 Å². The highest BCUT2D eigenvalue weighted by atomic mass is 79.9. The van der Waals surface area contributed by atoms with Crippen LogP contribution in [0.3, 0.4) is 0 Å². The van der Waals surface area contributed by atoms with Crippen molar-refractivity contribution in [3.63, 3.8) is 0 Å². The largest absolute Gasteiger partial charge is 0.345 e. The maximum Gasteiger partial charge on any atom is 0.254 e. The van der Waals surface area contributed by atoms with Gasteiger partial charge >= 0.3 is 0 Å². The summed E-state index contributed by atoms with van der Waals surface area (Å²) in [6.45, 7) is 0. The first-order valence-electron chi connectivity index (χ1n) is 5.26. The van der Waals surface area contributed by atoms with Crippen molar-refractivity contribution in [3.05, 3.63) is 34.2 Å². The summed E-state index contributed by atoms with van der Waals surface area (Å²) in [7, 11) is 3.05. The van der Waals surface area contributed by atoms with Gasteiger partial charge in [-0.05, 0) is 28.0 Å². The van der Waals surface area contributed by atoms with E-state index in [9.17, 15) is 4.79 Å². The SMILES string of the molecule is [2H]c1c([2H])c([2H])c(C(=O)N(C)C)c(Br)c1[2H]. The summed E-state index contributed by atoms with van der Waals surface area (Å²) >= 11 is 3.03. The molecule has 0 aliphatic heterocycles. The van der Waals surface area contributed by atoms with Crippen LogP contribution >= 0.6 is 15.9 Å². The number of hydrogen-bond acceptors (Lipinski definition) is 1. The van der Waals surface area contributed by atoms with E-state index in [1.54, 1.807) is 0 Å². The lowest BCUT2D eigenvalue weighted by Crippen LogP contribution is -2.21. The van der Waals surface area contributed by atoms with Gasteiger partial charge in [-0.1, -0.05) is 12.1 Å². The van der Waals surface area contributed by atoms with E-state index in [1.165, 1.54) is 19.0 Å². The van der Waals surface area contributed by atoms with E-state index >= 15 is 0 Å². The summed E-state index contributed by atoms with van der Waals surface area (Å²) in [4.78, 5) is 13.0. The van der Waals surface area contributed by atoms with Crippen LogP contribution in [0, 0.1) is 0 Å². The summed E-state index contributed by atoms with van der Waals surface area (Å²) < 4.78 is 30.2. The molecule has 1 aromatic rings. The van der Waals surface area contributed by atoms with E-state index < -0.39 is 11.9 Å². The Kier molecular flexibility index (Phi) is 1.55. The molecule has 3 heteroatoms. The van der Waals surface area contributed by atoms with E-state index in [4.69, 9.17) is 5.48 Å². The Balaban J connectivity index is 3.58. The molecule has 0 saturated heterocycles. The summed E-state index contributed by atoms with van der Waals surface area (Å²) in [6, 6.07) is -1.33. The molecule has 0 spiro atoms. The van der Waals surface area contributed by atoms with Crippen LogP contribution in [-0.2, 0) is 0 Å². The highest BCUT2D eigenvalue weighted by molar-refractivity contribution is 9.10. The lowest BCUT2D eigenvalue weighted by atomic mass is 10.2. The maximum atomic E-state index is 11.7. The third-order valence-corrected chi connectivity index (χ3v) is 1.86. The summed E-state index contributed by atoms with van der Waals surface area (Å²) in [6.07, 6.45) is 0. The molecule has 1 aromatic carbocycles. The Morgan fingerprint density at radius 3 is 2.67 bits per heavy atom. The molecule has 0 saturated carbocycles. The van der Waals surface area contributed by atoms with Crippen molar-refractivity contribution in [2.45, 2.75) is 0 Å². The van der Waals surface area contributed by atoms with E-state index in [1.807, 2.05) is 0 Å². The van der Waals surface area contributed by atoms with Crippen LogP contribution in [0.2, 0.25) is 0 Å². The molecule has 0 N–H and O–H groups in total. The average molecular weight is 232 g/mol. The van der Waals surface area contributed by atoms with E-state index in [0.717, 1.165) is 0 Å². The van der Waals surface area contributed by atoms with Gasteiger partial charge in [-0.3, -0.25) is 4.79 Å². The number of benzene rings is 1. The van der Waals surface area contributed by atoms with Gasteiger partial charge in [0.1, 0.15) is 0 Å². The zero-order chi connectivity index (χ0) is 12.6. The average Bonchev–Trinajstić information content (AvgIpc) is 2.23. The molecule has 0 aromatic heterocycles. The second kappa shape index (κ2) is 3.72. The van der Waals surface area contributed by atoms with Gasteiger partial charge in [0.25, 0.3) is 5.91 Å². The predicted octanol–water partition coefficient (Wildman–Crippen LogP) is 2.15. The Bertz CT molecular complexity index is 432. The second-order valence-electron chi connectivity index (χ2n) is 2.39. The van der Waals surface area contributed by atoms with Gasteiger partial charge in [0.15, 0.2) is 0 Å². The van der Waals surface area contributed by atoms with Gasteiger partial charge in [-0.15, -0.1) is 0 Å². The number of rotatable bonds is 1. The number of carbonyl (C=O) groups is 1. The molecule has 0 unspecified atom stereocenters. The number of halogens is 1. The first-order chi connectivity index (χ1) is 7.29. The minimum absolute atomic E-state index is 0.0454. The quantitative estimate of drug-likeness (QED) is 0.726. The number of hydrogen-bond donors (Lipinski definition) is 0. The second-order valence-corrected chi connectivity index (χ2v) is 3.18. The molecule has 0 atom stereocenters. The molecule has 0 fully saturated rings. The first kappa shape index (κ1) is 5.02. The van der Waals surface area contributed by atoms with Gasteiger partial charge in [0, 0.05) is 18.6 Å². The molecular weight excluding hydrogens is 218 g/mol. The molecule has 1 rings (SSSR count). The summed E-state index contributed by atoms with van der Waals surface area (Å²) in [5.74, 6) is -0.459. The molecule has 0 bridgehead atoms. The monoisotopic (exact) mass is 231 g/mol. The van der Waals surface area contributed by atoms with Gasteiger partial charge in [-0.25, -0.2) is 0 Å². The normalized spacial score (nSPS) is 14.2. The zero-order valence-electron chi connectivity index (χ0n) is 10.7. The van der Waals surface area contributed by atoms with Crippen LogP contribution in [0.4, 0.5) is 0 Å².